The fourth-order valence-electron chi connectivity index (χ4n) is 2.45. The van der Waals surface area contributed by atoms with Gasteiger partial charge in [0.25, 0.3) is 0 Å². The van der Waals surface area contributed by atoms with Gasteiger partial charge in [0, 0.05) is 10.9 Å². The molecule has 0 fully saturated rings. The number of aromatic carboxylic acids is 1. The maximum Gasteiger partial charge on any atom is 0.336 e. The molecule has 1 N–H and O–H groups in total. The SMILES string of the molecule is CCOc1ccccc1-c1cc(C(=O)O)c2ccccc2n1. The number of ether oxygens (including phenoxy) is 1. The molecule has 0 atom stereocenters. The first-order valence-electron chi connectivity index (χ1n) is 7.06. The highest BCUT2D eigenvalue weighted by molar-refractivity contribution is 6.03. The highest BCUT2D eigenvalue weighted by atomic mass is 16.5. The van der Waals surface area contributed by atoms with E-state index in [9.17, 15) is 9.90 Å². The van der Waals surface area contributed by atoms with E-state index in [1.165, 1.54) is 0 Å². The third-order valence-corrected chi connectivity index (χ3v) is 3.41. The fraction of sp³-hybridized carbons (Fsp3) is 0.111. The number of rotatable bonds is 4. The summed E-state index contributed by atoms with van der Waals surface area (Å²) < 4.78 is 5.62. The molecule has 1 aromatic heterocycles. The van der Waals surface area contributed by atoms with Crippen LogP contribution in [0.1, 0.15) is 17.3 Å². The molecule has 0 aliphatic heterocycles. The van der Waals surface area contributed by atoms with Crippen LogP contribution in [0.2, 0.25) is 0 Å². The number of nitrogens with zero attached hydrogens (tertiary/aromatic N) is 1. The summed E-state index contributed by atoms with van der Waals surface area (Å²) in [6.07, 6.45) is 0. The Kier molecular flexibility index (Phi) is 3.74. The van der Waals surface area contributed by atoms with E-state index in [4.69, 9.17) is 4.74 Å². The van der Waals surface area contributed by atoms with Crippen molar-refractivity contribution < 1.29 is 14.6 Å². The van der Waals surface area contributed by atoms with Crippen LogP contribution >= 0.6 is 0 Å². The monoisotopic (exact) mass is 293 g/mol. The summed E-state index contributed by atoms with van der Waals surface area (Å²) in [7, 11) is 0. The number of carboxylic acid groups (broad SMARTS) is 1. The Bertz CT molecular complexity index is 843. The average molecular weight is 293 g/mol. The molecule has 1 heterocycles. The second-order valence-corrected chi connectivity index (χ2v) is 4.81. The molecule has 22 heavy (non-hydrogen) atoms. The molecule has 110 valence electrons. The van der Waals surface area contributed by atoms with E-state index in [1.807, 2.05) is 49.4 Å². The van der Waals surface area contributed by atoms with Crippen LogP contribution < -0.4 is 4.74 Å². The number of hydrogen-bond acceptors (Lipinski definition) is 3. The summed E-state index contributed by atoms with van der Waals surface area (Å²) in [4.78, 5) is 16.1. The van der Waals surface area contributed by atoms with E-state index in [2.05, 4.69) is 4.98 Å². The van der Waals surface area contributed by atoms with Gasteiger partial charge in [-0.25, -0.2) is 9.78 Å². The normalized spacial score (nSPS) is 10.6. The molecule has 0 unspecified atom stereocenters. The molecule has 0 amide bonds. The van der Waals surface area contributed by atoms with Gasteiger partial charge < -0.3 is 9.84 Å². The zero-order valence-corrected chi connectivity index (χ0v) is 12.1. The predicted octanol–water partition coefficient (Wildman–Crippen LogP) is 4.00. The van der Waals surface area contributed by atoms with Gasteiger partial charge in [0.2, 0.25) is 0 Å². The molecule has 3 rings (SSSR count). The average Bonchev–Trinajstić information content (AvgIpc) is 2.54. The number of hydrogen-bond donors (Lipinski definition) is 1. The maximum atomic E-state index is 11.6. The molecule has 2 aromatic carbocycles. The van der Waals surface area contributed by atoms with Crippen molar-refractivity contribution in [1.29, 1.82) is 0 Å². The van der Waals surface area contributed by atoms with Crippen LogP contribution in [0.25, 0.3) is 22.2 Å². The van der Waals surface area contributed by atoms with Crippen molar-refractivity contribution in [2.24, 2.45) is 0 Å². The molecule has 0 saturated heterocycles. The van der Waals surface area contributed by atoms with Gasteiger partial charge in [-0.05, 0) is 31.2 Å². The fourth-order valence-corrected chi connectivity index (χ4v) is 2.45. The number of benzene rings is 2. The van der Waals surface area contributed by atoms with Gasteiger partial charge in [-0.2, -0.15) is 0 Å². The van der Waals surface area contributed by atoms with E-state index in [-0.39, 0.29) is 5.56 Å². The Morgan fingerprint density at radius 1 is 1.14 bits per heavy atom. The zero-order valence-electron chi connectivity index (χ0n) is 12.1. The van der Waals surface area contributed by atoms with Gasteiger partial charge in [-0.3, -0.25) is 0 Å². The summed E-state index contributed by atoms with van der Waals surface area (Å²) in [5, 5.41) is 10.1. The van der Waals surface area contributed by atoms with Gasteiger partial charge in [0.15, 0.2) is 0 Å². The number of carboxylic acids is 1. The van der Waals surface area contributed by atoms with Crippen LogP contribution in [0.4, 0.5) is 0 Å². The molecular formula is C18H15NO3. The lowest BCUT2D eigenvalue weighted by atomic mass is 10.0. The van der Waals surface area contributed by atoms with Crippen LogP contribution in [-0.4, -0.2) is 22.7 Å². The van der Waals surface area contributed by atoms with Gasteiger partial charge in [-0.15, -0.1) is 0 Å². The smallest absolute Gasteiger partial charge is 0.336 e. The van der Waals surface area contributed by atoms with E-state index in [1.54, 1.807) is 12.1 Å². The van der Waals surface area contributed by atoms with Crippen LogP contribution in [0.3, 0.4) is 0 Å². The summed E-state index contributed by atoms with van der Waals surface area (Å²) in [5.74, 6) is -0.266. The van der Waals surface area contributed by atoms with E-state index in [0.717, 1.165) is 5.56 Å². The van der Waals surface area contributed by atoms with E-state index >= 15 is 0 Å². The standard InChI is InChI=1S/C18H15NO3/c1-2-22-17-10-6-4-8-13(17)16-11-14(18(20)21)12-7-3-5-9-15(12)19-16/h3-11H,2H2,1H3,(H,20,21). The van der Waals surface area contributed by atoms with Crippen molar-refractivity contribution in [3.05, 3.63) is 60.2 Å². The Hall–Kier alpha value is -2.88. The summed E-state index contributed by atoms with van der Waals surface area (Å²) in [6.45, 7) is 2.45. The molecule has 0 aliphatic rings. The Morgan fingerprint density at radius 2 is 1.86 bits per heavy atom. The minimum Gasteiger partial charge on any atom is -0.493 e. The summed E-state index contributed by atoms with van der Waals surface area (Å²) in [5.41, 5.74) is 2.29. The topological polar surface area (TPSA) is 59.4 Å². The zero-order chi connectivity index (χ0) is 15.5. The van der Waals surface area contributed by atoms with Gasteiger partial charge >= 0.3 is 5.97 Å². The lowest BCUT2D eigenvalue weighted by molar-refractivity contribution is 0.0699. The second kappa shape index (κ2) is 5.85. The number of para-hydroxylation sites is 2. The van der Waals surface area contributed by atoms with E-state index in [0.29, 0.717) is 29.0 Å². The molecule has 0 spiro atoms. The second-order valence-electron chi connectivity index (χ2n) is 4.81. The van der Waals surface area contributed by atoms with Crippen LogP contribution in [0.15, 0.2) is 54.6 Å². The number of fused-ring (bicyclic) bond motifs is 1. The lowest BCUT2D eigenvalue weighted by Crippen LogP contribution is -2.01. The van der Waals surface area contributed by atoms with Crippen molar-refractivity contribution in [2.75, 3.05) is 6.61 Å². The number of aromatic nitrogens is 1. The van der Waals surface area contributed by atoms with Crippen molar-refractivity contribution in [1.82, 2.24) is 4.98 Å². The van der Waals surface area contributed by atoms with Gasteiger partial charge in [0.1, 0.15) is 5.75 Å². The largest absolute Gasteiger partial charge is 0.493 e. The van der Waals surface area contributed by atoms with Crippen LogP contribution in [0, 0.1) is 0 Å². The molecule has 4 heteroatoms. The Labute approximate surface area is 128 Å². The Balaban J connectivity index is 2.26. The molecule has 0 saturated carbocycles. The lowest BCUT2D eigenvalue weighted by Gasteiger charge is -2.11. The third-order valence-electron chi connectivity index (χ3n) is 3.41. The third kappa shape index (κ3) is 2.51. The molecule has 0 radical (unpaired) electrons. The van der Waals surface area contributed by atoms with Gasteiger partial charge in [-0.1, -0.05) is 30.3 Å². The predicted molar refractivity (Wildman–Crippen MR) is 85.3 cm³/mol. The van der Waals surface area contributed by atoms with Crippen molar-refractivity contribution in [3.63, 3.8) is 0 Å². The number of carbonyl (C=O) groups is 1. The Morgan fingerprint density at radius 3 is 2.64 bits per heavy atom. The molecule has 3 aromatic rings. The molecule has 0 aliphatic carbocycles. The number of pyridine rings is 1. The van der Waals surface area contributed by atoms with Crippen molar-refractivity contribution >= 4 is 16.9 Å². The molecular weight excluding hydrogens is 278 g/mol. The van der Waals surface area contributed by atoms with Gasteiger partial charge in [0.05, 0.1) is 23.4 Å². The first kappa shape index (κ1) is 14.1. The quantitative estimate of drug-likeness (QED) is 0.790. The maximum absolute atomic E-state index is 11.6. The highest BCUT2D eigenvalue weighted by Crippen LogP contribution is 2.31. The van der Waals surface area contributed by atoms with Crippen molar-refractivity contribution in [3.8, 4) is 17.0 Å². The summed E-state index contributed by atoms with van der Waals surface area (Å²) in [6, 6.07) is 16.3. The minimum absolute atomic E-state index is 0.243. The van der Waals surface area contributed by atoms with Crippen LogP contribution in [-0.2, 0) is 0 Å². The first-order valence-corrected chi connectivity index (χ1v) is 7.06. The minimum atomic E-state index is -0.964. The first-order chi connectivity index (χ1) is 10.7. The highest BCUT2D eigenvalue weighted by Gasteiger charge is 2.14. The van der Waals surface area contributed by atoms with E-state index < -0.39 is 5.97 Å². The molecule has 0 bridgehead atoms. The van der Waals surface area contributed by atoms with Crippen LogP contribution in [0.5, 0.6) is 5.75 Å². The van der Waals surface area contributed by atoms with Crippen molar-refractivity contribution in [2.45, 2.75) is 6.92 Å². The molecule has 4 nitrogen and oxygen atoms in total. The summed E-state index contributed by atoms with van der Waals surface area (Å²) >= 11 is 0.